The molecule has 0 spiro atoms. The number of benzene rings is 1. The van der Waals surface area contributed by atoms with Crippen molar-refractivity contribution in [1.82, 2.24) is 9.80 Å². The summed E-state index contributed by atoms with van der Waals surface area (Å²) in [4.78, 5) is 27.2. The molecule has 1 aromatic rings. The molecule has 2 rings (SSSR count). The van der Waals surface area contributed by atoms with E-state index in [9.17, 15) is 14.7 Å². The van der Waals surface area contributed by atoms with Crippen molar-refractivity contribution in [3.05, 3.63) is 29.3 Å². The van der Waals surface area contributed by atoms with Crippen LogP contribution in [0.5, 0.6) is 5.75 Å². The lowest BCUT2D eigenvalue weighted by atomic mass is 10.1. The molecule has 7 nitrogen and oxygen atoms in total. The summed E-state index contributed by atoms with van der Waals surface area (Å²) in [7, 11) is 0. The van der Waals surface area contributed by atoms with Gasteiger partial charge in [-0.15, -0.1) is 0 Å². The third-order valence-electron chi connectivity index (χ3n) is 4.45. The van der Waals surface area contributed by atoms with E-state index in [1.54, 1.807) is 4.90 Å². The number of primary amides is 1. The molecule has 1 aliphatic heterocycles. The highest BCUT2D eigenvalue weighted by molar-refractivity contribution is 5.79. The first-order valence-electron chi connectivity index (χ1n) is 8.57. The fourth-order valence-corrected chi connectivity index (χ4v) is 3.10. The minimum Gasteiger partial charge on any atom is -0.494 e. The van der Waals surface area contributed by atoms with Crippen LogP contribution in [0.2, 0.25) is 0 Å². The van der Waals surface area contributed by atoms with Gasteiger partial charge in [0.15, 0.2) is 0 Å². The molecule has 0 bridgehead atoms. The lowest BCUT2D eigenvalue weighted by molar-refractivity contribution is -0.130. The number of carbonyl (C=O) groups is 2. The summed E-state index contributed by atoms with van der Waals surface area (Å²) in [6.45, 7) is 6.60. The molecular weight excluding hydrogens is 322 g/mol. The van der Waals surface area contributed by atoms with E-state index in [-0.39, 0.29) is 24.3 Å². The molecule has 0 saturated carbocycles. The topological polar surface area (TPSA) is 96.1 Å². The zero-order valence-corrected chi connectivity index (χ0v) is 14.9. The number of ether oxygens (including phenoxy) is 1. The second kappa shape index (κ2) is 8.82. The van der Waals surface area contributed by atoms with Gasteiger partial charge in [0.05, 0.1) is 19.1 Å². The first kappa shape index (κ1) is 19.2. The lowest BCUT2D eigenvalue weighted by Crippen LogP contribution is -2.39. The fraction of sp³-hybridized carbons (Fsp3) is 0.556. The second-order valence-electron chi connectivity index (χ2n) is 6.33. The SMILES string of the molecule is CCOc1ccc(CN2CCN(C(C)=O)C[C@@H](C(N)=O)C2)cc1CO. The van der Waals surface area contributed by atoms with Crippen LogP contribution in [0.25, 0.3) is 0 Å². The van der Waals surface area contributed by atoms with E-state index < -0.39 is 0 Å². The van der Waals surface area contributed by atoms with E-state index in [1.807, 2.05) is 25.1 Å². The normalized spacial score (nSPS) is 18.7. The van der Waals surface area contributed by atoms with Gasteiger partial charge in [-0.25, -0.2) is 0 Å². The number of hydrogen-bond acceptors (Lipinski definition) is 5. The van der Waals surface area contributed by atoms with E-state index in [2.05, 4.69) is 4.90 Å². The van der Waals surface area contributed by atoms with Crippen molar-refractivity contribution >= 4 is 11.8 Å². The third-order valence-corrected chi connectivity index (χ3v) is 4.45. The summed E-state index contributed by atoms with van der Waals surface area (Å²) in [5.41, 5.74) is 7.26. The maximum Gasteiger partial charge on any atom is 0.223 e. The highest BCUT2D eigenvalue weighted by Gasteiger charge is 2.27. The summed E-state index contributed by atoms with van der Waals surface area (Å²) in [6.07, 6.45) is 0. The molecule has 1 heterocycles. The minimum atomic E-state index is -0.388. The van der Waals surface area contributed by atoms with Gasteiger partial charge >= 0.3 is 0 Å². The number of amides is 2. The van der Waals surface area contributed by atoms with Gasteiger partial charge in [-0.05, 0) is 24.6 Å². The van der Waals surface area contributed by atoms with Gasteiger partial charge in [-0.1, -0.05) is 6.07 Å². The maximum absolute atomic E-state index is 11.7. The molecule has 0 radical (unpaired) electrons. The molecule has 2 amide bonds. The Balaban J connectivity index is 2.12. The zero-order chi connectivity index (χ0) is 18.4. The van der Waals surface area contributed by atoms with Crippen molar-refractivity contribution < 1.29 is 19.4 Å². The highest BCUT2D eigenvalue weighted by atomic mass is 16.5. The Bertz CT molecular complexity index is 620. The summed E-state index contributed by atoms with van der Waals surface area (Å²) in [5.74, 6) is -0.133. The first-order valence-corrected chi connectivity index (χ1v) is 8.57. The molecule has 0 unspecified atom stereocenters. The molecule has 1 atom stereocenters. The van der Waals surface area contributed by atoms with Gasteiger partial charge in [0, 0.05) is 45.2 Å². The number of carbonyl (C=O) groups excluding carboxylic acids is 2. The molecule has 3 N–H and O–H groups in total. The van der Waals surface area contributed by atoms with Crippen LogP contribution in [0.1, 0.15) is 25.0 Å². The van der Waals surface area contributed by atoms with E-state index >= 15 is 0 Å². The van der Waals surface area contributed by atoms with Crippen molar-refractivity contribution in [2.75, 3.05) is 32.8 Å². The number of aliphatic hydroxyl groups is 1. The Morgan fingerprint density at radius 3 is 2.68 bits per heavy atom. The van der Waals surface area contributed by atoms with Gasteiger partial charge < -0.3 is 20.5 Å². The number of aliphatic hydroxyl groups excluding tert-OH is 1. The van der Waals surface area contributed by atoms with Crippen LogP contribution < -0.4 is 10.5 Å². The van der Waals surface area contributed by atoms with Gasteiger partial charge in [0.2, 0.25) is 11.8 Å². The number of nitrogens with two attached hydrogens (primary N) is 1. The Labute approximate surface area is 148 Å². The Hall–Kier alpha value is -2.12. The molecule has 1 fully saturated rings. The van der Waals surface area contributed by atoms with E-state index in [0.717, 1.165) is 11.1 Å². The smallest absolute Gasteiger partial charge is 0.223 e. The largest absolute Gasteiger partial charge is 0.494 e. The van der Waals surface area contributed by atoms with Crippen LogP contribution >= 0.6 is 0 Å². The second-order valence-corrected chi connectivity index (χ2v) is 6.33. The standard InChI is InChI=1S/C18H27N3O4/c1-3-25-17-5-4-14(8-15(17)12-22)9-20-6-7-21(13(2)23)11-16(10-20)18(19)24/h4-5,8,16,22H,3,6-7,9-12H2,1-2H3,(H2,19,24)/t16-/m0/s1. The van der Waals surface area contributed by atoms with E-state index in [4.69, 9.17) is 10.5 Å². The van der Waals surface area contributed by atoms with Gasteiger partial charge in [0.1, 0.15) is 5.75 Å². The van der Waals surface area contributed by atoms with Gasteiger partial charge in [0.25, 0.3) is 0 Å². The van der Waals surface area contributed by atoms with Gasteiger partial charge in [-0.2, -0.15) is 0 Å². The third kappa shape index (κ3) is 5.17. The molecule has 25 heavy (non-hydrogen) atoms. The Morgan fingerprint density at radius 1 is 1.32 bits per heavy atom. The Kier molecular flexibility index (Phi) is 6.78. The summed E-state index contributed by atoms with van der Waals surface area (Å²) in [6, 6.07) is 5.73. The van der Waals surface area contributed by atoms with Crippen molar-refractivity contribution in [3.63, 3.8) is 0 Å². The van der Waals surface area contributed by atoms with Gasteiger partial charge in [-0.3, -0.25) is 14.5 Å². The van der Waals surface area contributed by atoms with E-state index in [1.165, 1.54) is 6.92 Å². The van der Waals surface area contributed by atoms with Crippen LogP contribution in [0.4, 0.5) is 0 Å². The first-order chi connectivity index (χ1) is 11.9. The van der Waals surface area contributed by atoms with Crippen LogP contribution in [0.15, 0.2) is 18.2 Å². The van der Waals surface area contributed by atoms with Crippen LogP contribution in [-0.4, -0.2) is 59.5 Å². The fourth-order valence-electron chi connectivity index (χ4n) is 3.10. The van der Waals surface area contributed by atoms with Crippen LogP contribution in [0, 0.1) is 5.92 Å². The molecule has 7 heteroatoms. The zero-order valence-electron chi connectivity index (χ0n) is 14.9. The number of rotatable bonds is 6. The number of hydrogen-bond donors (Lipinski definition) is 2. The summed E-state index contributed by atoms with van der Waals surface area (Å²) >= 11 is 0. The summed E-state index contributed by atoms with van der Waals surface area (Å²) in [5, 5.41) is 9.53. The molecule has 0 aromatic heterocycles. The van der Waals surface area contributed by atoms with E-state index in [0.29, 0.717) is 45.1 Å². The molecule has 138 valence electrons. The van der Waals surface area contributed by atoms with Crippen molar-refractivity contribution in [2.45, 2.75) is 27.0 Å². The predicted octanol–water partition coefficient (Wildman–Crippen LogP) is 0.343. The average molecular weight is 349 g/mol. The summed E-state index contributed by atoms with van der Waals surface area (Å²) < 4.78 is 5.50. The highest BCUT2D eigenvalue weighted by Crippen LogP contribution is 2.22. The lowest BCUT2D eigenvalue weighted by Gasteiger charge is -2.22. The molecule has 1 saturated heterocycles. The van der Waals surface area contributed by atoms with Crippen molar-refractivity contribution in [3.8, 4) is 5.75 Å². The molecule has 0 aliphatic carbocycles. The maximum atomic E-state index is 11.7. The van der Waals surface area contributed by atoms with Crippen LogP contribution in [0.3, 0.4) is 0 Å². The Morgan fingerprint density at radius 2 is 2.08 bits per heavy atom. The molecule has 1 aromatic carbocycles. The predicted molar refractivity (Wildman–Crippen MR) is 93.7 cm³/mol. The van der Waals surface area contributed by atoms with Crippen LogP contribution in [-0.2, 0) is 22.7 Å². The van der Waals surface area contributed by atoms with Crippen molar-refractivity contribution in [1.29, 1.82) is 0 Å². The number of nitrogens with zero attached hydrogens (tertiary/aromatic N) is 2. The monoisotopic (exact) mass is 349 g/mol. The quantitative estimate of drug-likeness (QED) is 0.772. The average Bonchev–Trinajstić information content (AvgIpc) is 2.79. The minimum absolute atomic E-state index is 0.0447. The molecular formula is C18H27N3O4. The molecule has 1 aliphatic rings. The van der Waals surface area contributed by atoms with Crippen molar-refractivity contribution in [2.24, 2.45) is 11.7 Å².